The van der Waals surface area contributed by atoms with E-state index in [1.54, 1.807) is 0 Å². The van der Waals surface area contributed by atoms with Gasteiger partial charge in [-0.15, -0.1) is 0 Å². The van der Waals surface area contributed by atoms with Crippen LogP contribution < -0.4 is 0 Å². The first-order chi connectivity index (χ1) is 8.83. The molecule has 4 aliphatic rings. The van der Waals surface area contributed by atoms with E-state index in [2.05, 4.69) is 27.7 Å². The number of aliphatic hydroxyl groups excluding tert-OH is 1. The van der Waals surface area contributed by atoms with Crippen molar-refractivity contribution in [1.82, 2.24) is 4.90 Å². The third-order valence-corrected chi connectivity index (χ3v) is 5.97. The number of ether oxygens (including phenoxy) is 1. The highest BCUT2D eigenvalue weighted by Gasteiger charge is 2.78. The summed E-state index contributed by atoms with van der Waals surface area (Å²) >= 11 is 0. The fraction of sp³-hybridized carbons (Fsp3) is 0.933. The van der Waals surface area contributed by atoms with Crippen LogP contribution in [0.5, 0.6) is 0 Å². The third-order valence-electron chi connectivity index (χ3n) is 5.97. The molecule has 4 heteroatoms. The van der Waals surface area contributed by atoms with Crippen molar-refractivity contribution in [3.8, 4) is 0 Å². The third kappa shape index (κ3) is 1.09. The lowest BCUT2D eigenvalue weighted by molar-refractivity contribution is -0.195. The Balaban J connectivity index is 1.88. The largest absolute Gasteiger partial charge is 0.390 e. The molecule has 0 aromatic heterocycles. The zero-order chi connectivity index (χ0) is 13.7. The lowest BCUT2D eigenvalue weighted by Gasteiger charge is -2.46. The van der Waals surface area contributed by atoms with Gasteiger partial charge >= 0.3 is 0 Å². The highest BCUT2D eigenvalue weighted by Crippen LogP contribution is 2.69. The van der Waals surface area contributed by atoms with Gasteiger partial charge in [-0.1, -0.05) is 6.92 Å². The molecule has 4 nitrogen and oxygen atoms in total. The van der Waals surface area contributed by atoms with Crippen molar-refractivity contribution in [2.45, 2.75) is 64.0 Å². The molecule has 0 radical (unpaired) electrons. The smallest absolute Gasteiger partial charge is 0.229 e. The summed E-state index contributed by atoms with van der Waals surface area (Å²) in [6, 6.07) is 0. The summed E-state index contributed by atoms with van der Waals surface area (Å²) < 4.78 is 6.34. The Bertz CT molecular complexity index is 457. The molecule has 1 N–H and O–H groups in total. The van der Waals surface area contributed by atoms with E-state index in [1.807, 2.05) is 4.90 Å². The van der Waals surface area contributed by atoms with Crippen molar-refractivity contribution in [3.05, 3.63) is 0 Å². The van der Waals surface area contributed by atoms with Crippen LogP contribution in [0.4, 0.5) is 0 Å². The molecule has 7 unspecified atom stereocenters. The van der Waals surface area contributed by atoms with Crippen molar-refractivity contribution in [1.29, 1.82) is 0 Å². The Kier molecular flexibility index (Phi) is 2.03. The van der Waals surface area contributed by atoms with Gasteiger partial charge in [-0.25, -0.2) is 0 Å². The molecule has 2 bridgehead atoms. The van der Waals surface area contributed by atoms with Crippen LogP contribution in [0.1, 0.15) is 40.5 Å². The first-order valence-corrected chi connectivity index (χ1v) is 7.53. The molecule has 19 heavy (non-hydrogen) atoms. The molecular formula is C15H23NO3. The van der Waals surface area contributed by atoms with Crippen LogP contribution in [0.2, 0.25) is 0 Å². The van der Waals surface area contributed by atoms with Crippen LogP contribution in [0, 0.1) is 23.7 Å². The number of carbonyl (C=O) groups is 1. The van der Waals surface area contributed by atoms with Gasteiger partial charge in [0, 0.05) is 11.5 Å². The van der Waals surface area contributed by atoms with E-state index in [9.17, 15) is 9.90 Å². The quantitative estimate of drug-likeness (QED) is 0.779. The second-order valence-corrected chi connectivity index (χ2v) is 7.73. The predicted molar refractivity (Wildman–Crippen MR) is 69.1 cm³/mol. The molecule has 4 fully saturated rings. The van der Waals surface area contributed by atoms with Crippen LogP contribution in [-0.2, 0) is 9.53 Å². The zero-order valence-corrected chi connectivity index (χ0v) is 12.1. The Labute approximate surface area is 114 Å². The van der Waals surface area contributed by atoms with Crippen LogP contribution in [0.25, 0.3) is 0 Å². The molecule has 7 atom stereocenters. The predicted octanol–water partition coefficient (Wildman–Crippen LogP) is 1.38. The van der Waals surface area contributed by atoms with Gasteiger partial charge in [0.2, 0.25) is 5.91 Å². The summed E-state index contributed by atoms with van der Waals surface area (Å²) in [6.07, 6.45) is 1.34. The van der Waals surface area contributed by atoms with Gasteiger partial charge in [0.25, 0.3) is 0 Å². The molecule has 0 spiro atoms. The van der Waals surface area contributed by atoms with E-state index >= 15 is 0 Å². The van der Waals surface area contributed by atoms with Crippen molar-refractivity contribution < 1.29 is 14.6 Å². The van der Waals surface area contributed by atoms with Crippen LogP contribution in [0.15, 0.2) is 0 Å². The molecule has 2 heterocycles. The molecule has 0 aromatic rings. The summed E-state index contributed by atoms with van der Waals surface area (Å²) in [5.41, 5.74) is -0.675. The van der Waals surface area contributed by atoms with E-state index in [4.69, 9.17) is 4.74 Å². The van der Waals surface area contributed by atoms with Gasteiger partial charge in [-0.05, 0) is 45.4 Å². The topological polar surface area (TPSA) is 49.8 Å². The lowest BCUT2D eigenvalue weighted by atomic mass is 9.76. The molecule has 1 amide bonds. The summed E-state index contributed by atoms with van der Waals surface area (Å²) in [7, 11) is 0. The highest BCUT2D eigenvalue weighted by molar-refractivity contribution is 5.85. The SMILES string of the molecule is CCC12OC3C(O)C4CC3C1C4C(=O)N2C(C)(C)C. The Hall–Kier alpha value is -0.610. The van der Waals surface area contributed by atoms with Crippen LogP contribution >= 0.6 is 0 Å². The highest BCUT2D eigenvalue weighted by atomic mass is 16.6. The number of rotatable bonds is 1. The summed E-state index contributed by atoms with van der Waals surface area (Å²) in [5, 5.41) is 10.3. The van der Waals surface area contributed by atoms with E-state index < -0.39 is 11.8 Å². The van der Waals surface area contributed by atoms with Crippen molar-refractivity contribution in [3.63, 3.8) is 0 Å². The Morgan fingerprint density at radius 1 is 1.42 bits per heavy atom. The summed E-state index contributed by atoms with van der Waals surface area (Å²) in [5.74, 6) is 1.04. The molecule has 2 aliphatic carbocycles. The monoisotopic (exact) mass is 265 g/mol. The maximum Gasteiger partial charge on any atom is 0.229 e. The molecule has 0 aromatic carbocycles. The molecular weight excluding hydrogens is 242 g/mol. The minimum absolute atomic E-state index is 0.00192. The molecule has 4 rings (SSSR count). The van der Waals surface area contributed by atoms with Gasteiger partial charge in [0.05, 0.1) is 18.1 Å². The lowest BCUT2D eigenvalue weighted by Crippen LogP contribution is -2.58. The maximum atomic E-state index is 12.9. The summed E-state index contributed by atoms with van der Waals surface area (Å²) in [6.45, 7) is 8.37. The van der Waals surface area contributed by atoms with Crippen LogP contribution in [0.3, 0.4) is 0 Å². The van der Waals surface area contributed by atoms with Crippen molar-refractivity contribution in [2.75, 3.05) is 0 Å². The molecule has 2 saturated carbocycles. The average molecular weight is 265 g/mol. The number of fused-ring (bicyclic) bond motifs is 2. The van der Waals surface area contributed by atoms with Crippen molar-refractivity contribution >= 4 is 5.91 Å². The van der Waals surface area contributed by atoms with E-state index in [0.29, 0.717) is 11.8 Å². The number of nitrogens with zero attached hydrogens (tertiary/aromatic N) is 1. The number of aliphatic hydroxyl groups is 1. The number of carbonyl (C=O) groups excluding carboxylic acids is 1. The maximum absolute atomic E-state index is 12.9. The van der Waals surface area contributed by atoms with Gasteiger partial charge in [0.15, 0.2) is 0 Å². The molecule has 2 aliphatic heterocycles. The number of amides is 1. The van der Waals surface area contributed by atoms with Gasteiger partial charge in [-0.2, -0.15) is 0 Å². The first-order valence-electron chi connectivity index (χ1n) is 7.53. The minimum Gasteiger partial charge on any atom is -0.390 e. The zero-order valence-electron chi connectivity index (χ0n) is 12.1. The van der Waals surface area contributed by atoms with Gasteiger partial charge < -0.3 is 14.7 Å². The van der Waals surface area contributed by atoms with Gasteiger partial charge in [0.1, 0.15) is 5.72 Å². The fourth-order valence-corrected chi connectivity index (χ4v) is 5.66. The average Bonchev–Trinajstić information content (AvgIpc) is 2.93. The first kappa shape index (κ1) is 12.2. The van der Waals surface area contributed by atoms with E-state index in [0.717, 1.165) is 12.8 Å². The minimum atomic E-state index is -0.457. The Morgan fingerprint density at radius 2 is 2.11 bits per heavy atom. The second-order valence-electron chi connectivity index (χ2n) is 7.73. The normalized spacial score (nSPS) is 54.6. The Morgan fingerprint density at radius 3 is 2.68 bits per heavy atom. The molecule has 2 saturated heterocycles. The second kappa shape index (κ2) is 3.17. The summed E-state index contributed by atoms with van der Waals surface area (Å²) in [4.78, 5) is 14.9. The number of hydrogen-bond acceptors (Lipinski definition) is 3. The van der Waals surface area contributed by atoms with E-state index in [-0.39, 0.29) is 29.4 Å². The van der Waals surface area contributed by atoms with Crippen molar-refractivity contribution in [2.24, 2.45) is 23.7 Å². The van der Waals surface area contributed by atoms with Gasteiger partial charge in [-0.3, -0.25) is 4.79 Å². The number of hydrogen-bond donors (Lipinski definition) is 1. The van der Waals surface area contributed by atoms with Crippen LogP contribution in [-0.4, -0.2) is 39.4 Å². The van der Waals surface area contributed by atoms with E-state index in [1.165, 1.54) is 0 Å². The standard InChI is InChI=1S/C15H23NO3/c1-5-15-10-8-6-7(11(17)12(8)19-15)9(10)13(18)16(15)14(2,3)4/h7-12,17H,5-6H2,1-4H3. The number of likely N-dealkylation sites (tertiary alicyclic amines) is 1. The molecule has 106 valence electrons. The fourth-order valence-electron chi connectivity index (χ4n) is 5.66.